The van der Waals surface area contributed by atoms with Crippen molar-refractivity contribution in [3.8, 4) is 0 Å². The summed E-state index contributed by atoms with van der Waals surface area (Å²) in [5, 5.41) is 3.46. The second kappa shape index (κ2) is 6.38. The van der Waals surface area contributed by atoms with E-state index < -0.39 is 0 Å². The number of nitrogens with zero attached hydrogens (tertiary/aromatic N) is 2. The molecule has 2 atom stereocenters. The maximum Gasteiger partial charge on any atom is 0.128 e. The van der Waals surface area contributed by atoms with Crippen molar-refractivity contribution in [1.82, 2.24) is 10.3 Å². The van der Waals surface area contributed by atoms with Crippen LogP contribution in [0.15, 0.2) is 18.2 Å². The quantitative estimate of drug-likeness (QED) is 0.883. The molecule has 1 aliphatic heterocycles. The molecule has 1 aromatic rings. The molecule has 0 amide bonds. The first kappa shape index (κ1) is 14.3. The van der Waals surface area contributed by atoms with Crippen LogP contribution in [-0.2, 0) is 6.54 Å². The van der Waals surface area contributed by atoms with Crippen molar-refractivity contribution in [2.75, 3.05) is 24.5 Å². The molecular formula is C16H27N3. The standard InChI is InChI=1S/C16H27N3/c1-12(2)8-17-9-15-6-5-7-16(18-15)19-10-13(3)14(4)11-19/h5-7,12-14,17H,8-11H2,1-4H3. The number of hydrogen-bond acceptors (Lipinski definition) is 3. The van der Waals surface area contributed by atoms with Crippen LogP contribution in [0.5, 0.6) is 0 Å². The van der Waals surface area contributed by atoms with E-state index >= 15 is 0 Å². The molecule has 1 N–H and O–H groups in total. The maximum atomic E-state index is 4.78. The molecule has 0 aromatic carbocycles. The highest BCUT2D eigenvalue weighted by atomic mass is 15.2. The number of rotatable bonds is 5. The number of hydrogen-bond donors (Lipinski definition) is 1. The molecule has 19 heavy (non-hydrogen) atoms. The topological polar surface area (TPSA) is 28.2 Å². The molecule has 3 nitrogen and oxygen atoms in total. The molecule has 0 spiro atoms. The van der Waals surface area contributed by atoms with E-state index in [1.165, 1.54) is 0 Å². The summed E-state index contributed by atoms with van der Waals surface area (Å²) < 4.78 is 0. The summed E-state index contributed by atoms with van der Waals surface area (Å²) in [7, 11) is 0. The lowest BCUT2D eigenvalue weighted by molar-refractivity contribution is 0.494. The van der Waals surface area contributed by atoms with Gasteiger partial charge in [0.1, 0.15) is 5.82 Å². The zero-order valence-electron chi connectivity index (χ0n) is 12.7. The fraction of sp³-hybridized carbons (Fsp3) is 0.688. The zero-order valence-corrected chi connectivity index (χ0v) is 12.7. The first-order valence-corrected chi connectivity index (χ1v) is 7.48. The summed E-state index contributed by atoms with van der Waals surface area (Å²) >= 11 is 0. The Morgan fingerprint density at radius 3 is 2.58 bits per heavy atom. The molecule has 0 aliphatic carbocycles. The van der Waals surface area contributed by atoms with Gasteiger partial charge in [0.2, 0.25) is 0 Å². The number of anilines is 1. The molecule has 1 aliphatic rings. The van der Waals surface area contributed by atoms with Crippen LogP contribution in [0.25, 0.3) is 0 Å². The van der Waals surface area contributed by atoms with Crippen LogP contribution in [0, 0.1) is 17.8 Å². The molecule has 0 radical (unpaired) electrons. The minimum Gasteiger partial charge on any atom is -0.356 e. The predicted molar refractivity (Wildman–Crippen MR) is 81.3 cm³/mol. The third-order valence-electron chi connectivity index (χ3n) is 3.96. The Kier molecular flexibility index (Phi) is 4.81. The first-order chi connectivity index (χ1) is 9.06. The lowest BCUT2D eigenvalue weighted by Gasteiger charge is -2.18. The lowest BCUT2D eigenvalue weighted by Crippen LogP contribution is -2.23. The molecule has 1 fully saturated rings. The number of nitrogens with one attached hydrogen (secondary N) is 1. The Balaban J connectivity index is 1.95. The van der Waals surface area contributed by atoms with Gasteiger partial charge in [-0.15, -0.1) is 0 Å². The summed E-state index contributed by atoms with van der Waals surface area (Å²) in [5.41, 5.74) is 1.14. The van der Waals surface area contributed by atoms with Crippen molar-refractivity contribution >= 4 is 5.82 Å². The molecular weight excluding hydrogens is 234 g/mol. The predicted octanol–water partition coefficient (Wildman–Crippen LogP) is 2.92. The van der Waals surface area contributed by atoms with Gasteiger partial charge < -0.3 is 10.2 Å². The SMILES string of the molecule is CC(C)CNCc1cccc(N2CC(C)C(C)C2)n1. The lowest BCUT2D eigenvalue weighted by atomic mass is 10.0. The minimum atomic E-state index is 0.684. The van der Waals surface area contributed by atoms with E-state index in [2.05, 4.69) is 56.1 Å². The highest BCUT2D eigenvalue weighted by molar-refractivity contribution is 5.40. The zero-order chi connectivity index (χ0) is 13.8. The van der Waals surface area contributed by atoms with Crippen molar-refractivity contribution in [1.29, 1.82) is 0 Å². The van der Waals surface area contributed by atoms with Crippen molar-refractivity contribution in [2.45, 2.75) is 34.2 Å². The van der Waals surface area contributed by atoms with Gasteiger partial charge in [0.05, 0.1) is 5.69 Å². The monoisotopic (exact) mass is 261 g/mol. The van der Waals surface area contributed by atoms with Crippen LogP contribution in [-0.4, -0.2) is 24.6 Å². The molecule has 1 aromatic heterocycles. The van der Waals surface area contributed by atoms with Gasteiger partial charge in [-0.2, -0.15) is 0 Å². The summed E-state index contributed by atoms with van der Waals surface area (Å²) in [4.78, 5) is 7.20. The van der Waals surface area contributed by atoms with Crippen LogP contribution in [0.3, 0.4) is 0 Å². The van der Waals surface area contributed by atoms with Gasteiger partial charge >= 0.3 is 0 Å². The Labute approximate surface area is 117 Å². The summed E-state index contributed by atoms with van der Waals surface area (Å²) in [5.74, 6) is 3.36. The van der Waals surface area contributed by atoms with E-state index in [1.807, 2.05) is 0 Å². The van der Waals surface area contributed by atoms with Gasteiger partial charge in [0.15, 0.2) is 0 Å². The van der Waals surface area contributed by atoms with E-state index in [0.29, 0.717) is 5.92 Å². The Morgan fingerprint density at radius 2 is 1.95 bits per heavy atom. The smallest absolute Gasteiger partial charge is 0.128 e. The summed E-state index contributed by atoms with van der Waals surface area (Å²) in [6, 6.07) is 6.37. The fourth-order valence-corrected chi connectivity index (χ4v) is 2.55. The Hall–Kier alpha value is -1.09. The molecule has 0 saturated carbocycles. The molecule has 2 heterocycles. The average Bonchev–Trinajstić information content (AvgIpc) is 2.70. The van der Waals surface area contributed by atoms with E-state index in [0.717, 1.165) is 49.5 Å². The summed E-state index contributed by atoms with van der Waals surface area (Å²) in [6.45, 7) is 13.3. The molecule has 0 bridgehead atoms. The van der Waals surface area contributed by atoms with Gasteiger partial charge in [0, 0.05) is 19.6 Å². The van der Waals surface area contributed by atoms with E-state index in [4.69, 9.17) is 4.98 Å². The normalized spacial score (nSPS) is 23.3. The highest BCUT2D eigenvalue weighted by Crippen LogP contribution is 2.26. The van der Waals surface area contributed by atoms with Gasteiger partial charge in [-0.1, -0.05) is 33.8 Å². The fourth-order valence-electron chi connectivity index (χ4n) is 2.55. The van der Waals surface area contributed by atoms with Crippen molar-refractivity contribution < 1.29 is 0 Å². The molecule has 106 valence electrons. The average molecular weight is 261 g/mol. The molecule has 1 saturated heterocycles. The van der Waals surface area contributed by atoms with Gasteiger partial charge in [-0.25, -0.2) is 4.98 Å². The summed E-state index contributed by atoms with van der Waals surface area (Å²) in [6.07, 6.45) is 0. The number of pyridine rings is 1. The minimum absolute atomic E-state index is 0.684. The van der Waals surface area contributed by atoms with E-state index in [1.54, 1.807) is 0 Å². The second-order valence-corrected chi connectivity index (χ2v) is 6.37. The van der Waals surface area contributed by atoms with Crippen molar-refractivity contribution in [3.63, 3.8) is 0 Å². The van der Waals surface area contributed by atoms with Crippen LogP contribution in [0.2, 0.25) is 0 Å². The van der Waals surface area contributed by atoms with Gasteiger partial charge in [0.25, 0.3) is 0 Å². The van der Waals surface area contributed by atoms with Gasteiger partial charge in [-0.05, 0) is 36.4 Å². The van der Waals surface area contributed by atoms with E-state index in [-0.39, 0.29) is 0 Å². The second-order valence-electron chi connectivity index (χ2n) is 6.37. The van der Waals surface area contributed by atoms with Crippen LogP contribution in [0.4, 0.5) is 5.82 Å². The third-order valence-corrected chi connectivity index (χ3v) is 3.96. The Morgan fingerprint density at radius 1 is 1.26 bits per heavy atom. The van der Waals surface area contributed by atoms with Crippen LogP contribution < -0.4 is 10.2 Å². The van der Waals surface area contributed by atoms with Crippen LogP contribution >= 0.6 is 0 Å². The Bertz CT molecular complexity index is 393. The molecule has 2 rings (SSSR count). The molecule has 3 heteroatoms. The van der Waals surface area contributed by atoms with Crippen molar-refractivity contribution in [3.05, 3.63) is 23.9 Å². The van der Waals surface area contributed by atoms with Crippen molar-refractivity contribution in [2.24, 2.45) is 17.8 Å². The third kappa shape index (κ3) is 3.93. The first-order valence-electron chi connectivity index (χ1n) is 7.48. The largest absolute Gasteiger partial charge is 0.356 e. The number of aromatic nitrogens is 1. The maximum absolute atomic E-state index is 4.78. The molecule has 2 unspecified atom stereocenters. The van der Waals surface area contributed by atoms with Gasteiger partial charge in [-0.3, -0.25) is 0 Å². The van der Waals surface area contributed by atoms with Crippen LogP contribution in [0.1, 0.15) is 33.4 Å². The van der Waals surface area contributed by atoms with E-state index in [9.17, 15) is 0 Å². The highest BCUT2D eigenvalue weighted by Gasteiger charge is 2.26.